The second-order valence-corrected chi connectivity index (χ2v) is 15.1. The van der Waals surface area contributed by atoms with Crippen LogP contribution in [0.5, 0.6) is 0 Å². The summed E-state index contributed by atoms with van der Waals surface area (Å²) in [5.41, 5.74) is 9.02. The minimum absolute atomic E-state index is 0.0299. The Morgan fingerprint density at radius 3 is 2.13 bits per heavy atom. The molecule has 0 saturated carbocycles. The molecule has 0 atom stereocenters. The van der Waals surface area contributed by atoms with Crippen LogP contribution in [0.15, 0.2) is 140 Å². The minimum atomic E-state index is -0.0299. The Morgan fingerprint density at radius 1 is 0.478 bits per heavy atom. The van der Waals surface area contributed by atoms with Crippen molar-refractivity contribution < 1.29 is 0 Å². The first-order chi connectivity index (χ1) is 22.6. The zero-order valence-electron chi connectivity index (χ0n) is 25.5. The summed E-state index contributed by atoms with van der Waals surface area (Å²) in [5, 5.41) is 7.92. The van der Waals surface area contributed by atoms with Gasteiger partial charge in [-0.3, -0.25) is 0 Å². The van der Waals surface area contributed by atoms with Gasteiger partial charge in [0.2, 0.25) is 0 Å². The lowest BCUT2D eigenvalue weighted by Crippen LogP contribution is -2.15. The first kappa shape index (κ1) is 26.3. The molecule has 7 aromatic carbocycles. The molecule has 2 aromatic heterocycles. The molecule has 0 amide bonds. The molecule has 218 valence electrons. The quantitative estimate of drug-likeness (QED) is 0.189. The molecule has 0 unspecified atom stereocenters. The van der Waals surface area contributed by atoms with Gasteiger partial charge in [-0.1, -0.05) is 111 Å². The monoisotopic (exact) mass is 623 g/mol. The second kappa shape index (κ2) is 9.53. The van der Waals surface area contributed by atoms with Crippen molar-refractivity contribution in [3.63, 3.8) is 0 Å². The highest BCUT2D eigenvalue weighted by atomic mass is 32.1. The molecule has 0 radical (unpaired) electrons. The van der Waals surface area contributed by atoms with Crippen molar-refractivity contribution in [3.05, 3.63) is 151 Å². The van der Waals surface area contributed by atoms with E-state index in [1.54, 1.807) is 0 Å². The van der Waals surface area contributed by atoms with E-state index in [-0.39, 0.29) is 5.41 Å². The van der Waals surface area contributed by atoms with E-state index in [9.17, 15) is 0 Å². The molecule has 1 nitrogen and oxygen atoms in total. The first-order valence-electron chi connectivity index (χ1n) is 15.9. The Hall–Kier alpha value is -4.96. The van der Waals surface area contributed by atoms with E-state index in [1.807, 2.05) is 22.7 Å². The van der Waals surface area contributed by atoms with Crippen LogP contribution < -0.4 is 4.90 Å². The number of nitrogens with zero attached hydrogens (tertiary/aromatic N) is 1. The summed E-state index contributed by atoms with van der Waals surface area (Å²) < 4.78 is 5.28. The number of fused-ring (bicyclic) bond motifs is 11. The second-order valence-electron chi connectivity index (χ2n) is 12.9. The van der Waals surface area contributed by atoms with Gasteiger partial charge in [-0.25, -0.2) is 0 Å². The van der Waals surface area contributed by atoms with Crippen LogP contribution >= 0.6 is 22.7 Å². The predicted octanol–water partition coefficient (Wildman–Crippen LogP) is 13.4. The highest BCUT2D eigenvalue weighted by Gasteiger charge is 2.35. The van der Waals surface area contributed by atoms with Gasteiger partial charge in [0.25, 0.3) is 0 Å². The van der Waals surface area contributed by atoms with Gasteiger partial charge < -0.3 is 4.90 Å². The van der Waals surface area contributed by atoms with E-state index in [2.05, 4.69) is 158 Å². The molecule has 0 fully saturated rings. The van der Waals surface area contributed by atoms with Crippen molar-refractivity contribution in [1.82, 2.24) is 0 Å². The standard InChI is InChI=1S/C43H29NS2/c1-43(2)35-15-7-5-12-30(35)34-24-27(20-22-36(34)43)44(28-19-21-32-31-13-6-8-17-38(31)45-40(32)25-28)37-16-9-14-33-41-29-11-4-3-10-26(29)18-23-39(41)46-42(33)37/h3-25H,1-2H3. The van der Waals surface area contributed by atoms with Gasteiger partial charge in [-0.15, -0.1) is 22.7 Å². The Morgan fingerprint density at radius 2 is 1.20 bits per heavy atom. The van der Waals surface area contributed by atoms with Gasteiger partial charge in [-0.2, -0.15) is 0 Å². The number of thiophene rings is 2. The van der Waals surface area contributed by atoms with E-state index in [0.717, 1.165) is 0 Å². The number of rotatable bonds is 3. The van der Waals surface area contributed by atoms with Gasteiger partial charge in [0.15, 0.2) is 0 Å². The van der Waals surface area contributed by atoms with Crippen LogP contribution in [0.4, 0.5) is 17.1 Å². The SMILES string of the molecule is CC1(C)c2ccccc2-c2cc(N(c3ccc4c(c3)sc3ccccc34)c3cccc4c3sc3ccc5ccccc5c34)ccc21. The zero-order valence-corrected chi connectivity index (χ0v) is 27.2. The maximum Gasteiger partial charge on any atom is 0.0640 e. The smallest absolute Gasteiger partial charge is 0.0640 e. The van der Waals surface area contributed by atoms with E-state index in [1.165, 1.54) is 90.4 Å². The van der Waals surface area contributed by atoms with E-state index >= 15 is 0 Å². The van der Waals surface area contributed by atoms with Crippen LogP contribution in [-0.4, -0.2) is 0 Å². The van der Waals surface area contributed by atoms with Gasteiger partial charge in [0.1, 0.15) is 0 Å². The summed E-state index contributed by atoms with van der Waals surface area (Å²) in [6.45, 7) is 4.71. The molecule has 1 aliphatic carbocycles. The first-order valence-corrected chi connectivity index (χ1v) is 17.5. The van der Waals surface area contributed by atoms with Crippen molar-refractivity contribution >= 4 is 90.9 Å². The van der Waals surface area contributed by atoms with Gasteiger partial charge in [0, 0.05) is 52.4 Å². The third-order valence-corrected chi connectivity index (χ3v) is 12.4. The predicted molar refractivity (Wildman–Crippen MR) is 202 cm³/mol. The molecule has 9 aromatic rings. The van der Waals surface area contributed by atoms with Crippen molar-refractivity contribution in [2.24, 2.45) is 0 Å². The zero-order chi connectivity index (χ0) is 30.6. The van der Waals surface area contributed by atoms with Gasteiger partial charge in [-0.05, 0) is 75.5 Å². The maximum absolute atomic E-state index is 2.50. The van der Waals surface area contributed by atoms with Crippen LogP contribution in [-0.2, 0) is 5.41 Å². The molecule has 10 rings (SSSR count). The number of benzene rings is 7. The van der Waals surface area contributed by atoms with Crippen LogP contribution in [0.3, 0.4) is 0 Å². The number of hydrogen-bond acceptors (Lipinski definition) is 3. The van der Waals surface area contributed by atoms with Crippen LogP contribution in [0.2, 0.25) is 0 Å². The minimum Gasteiger partial charge on any atom is -0.309 e. The van der Waals surface area contributed by atoms with Crippen molar-refractivity contribution in [2.75, 3.05) is 4.90 Å². The Balaban J connectivity index is 1.26. The Labute approximate surface area is 275 Å². The van der Waals surface area contributed by atoms with Crippen LogP contribution in [0.25, 0.3) is 62.2 Å². The third kappa shape index (κ3) is 3.61. The summed E-state index contributed by atoms with van der Waals surface area (Å²) in [5.74, 6) is 0. The Kier molecular flexibility index (Phi) is 5.44. The summed E-state index contributed by atoms with van der Waals surface area (Å²) in [7, 11) is 0. The molecule has 3 heteroatoms. The molecular formula is C43H29NS2. The summed E-state index contributed by atoms with van der Waals surface area (Å²) in [6.07, 6.45) is 0. The highest BCUT2D eigenvalue weighted by Crippen LogP contribution is 2.52. The van der Waals surface area contributed by atoms with Crippen molar-refractivity contribution in [3.8, 4) is 11.1 Å². The van der Waals surface area contributed by atoms with E-state index in [0.29, 0.717) is 0 Å². The van der Waals surface area contributed by atoms with Crippen LogP contribution in [0, 0.1) is 0 Å². The fourth-order valence-corrected chi connectivity index (χ4v) is 10.2. The topological polar surface area (TPSA) is 3.24 Å². The average molecular weight is 624 g/mol. The normalized spacial score (nSPS) is 13.6. The van der Waals surface area contributed by atoms with Crippen molar-refractivity contribution in [2.45, 2.75) is 19.3 Å². The molecule has 2 heterocycles. The molecule has 0 N–H and O–H groups in total. The van der Waals surface area contributed by atoms with Crippen LogP contribution in [0.1, 0.15) is 25.0 Å². The molecular weight excluding hydrogens is 595 g/mol. The lowest BCUT2D eigenvalue weighted by atomic mass is 9.82. The third-order valence-electron chi connectivity index (χ3n) is 10.1. The molecule has 0 bridgehead atoms. The van der Waals surface area contributed by atoms with E-state index in [4.69, 9.17) is 0 Å². The highest BCUT2D eigenvalue weighted by molar-refractivity contribution is 7.26. The molecule has 1 aliphatic rings. The van der Waals surface area contributed by atoms with E-state index < -0.39 is 0 Å². The van der Waals surface area contributed by atoms with Gasteiger partial charge in [0.05, 0.1) is 10.4 Å². The lowest BCUT2D eigenvalue weighted by Gasteiger charge is -2.27. The molecule has 0 spiro atoms. The summed E-state index contributed by atoms with van der Waals surface area (Å²) in [6, 6.07) is 52.0. The molecule has 0 aliphatic heterocycles. The summed E-state index contributed by atoms with van der Waals surface area (Å²) in [4.78, 5) is 2.50. The molecule has 0 saturated heterocycles. The fourth-order valence-electron chi connectivity index (χ4n) is 7.86. The number of anilines is 3. The largest absolute Gasteiger partial charge is 0.309 e. The average Bonchev–Trinajstić information content (AvgIpc) is 3.73. The summed E-state index contributed by atoms with van der Waals surface area (Å²) >= 11 is 3.78. The number of hydrogen-bond donors (Lipinski definition) is 0. The fraction of sp³-hybridized carbons (Fsp3) is 0.0698. The maximum atomic E-state index is 2.50. The lowest BCUT2D eigenvalue weighted by molar-refractivity contribution is 0.660. The molecule has 46 heavy (non-hydrogen) atoms. The van der Waals surface area contributed by atoms with Crippen molar-refractivity contribution in [1.29, 1.82) is 0 Å². The van der Waals surface area contributed by atoms with Gasteiger partial charge >= 0.3 is 0 Å². The Bertz CT molecular complexity index is 2690.